The van der Waals surface area contributed by atoms with Gasteiger partial charge in [-0.1, -0.05) is 48.5 Å². The molecular weight excluding hydrogens is 416 g/mol. The Labute approximate surface area is 189 Å². The normalized spacial score (nSPS) is 10.9. The fourth-order valence-corrected chi connectivity index (χ4v) is 4.55. The SMILES string of the molecule is Cc1sc(NC(=O)c2cc(-c3cccnc3)nc3c(C)cccc23)nc1-c1ccccc1. The summed E-state index contributed by atoms with van der Waals surface area (Å²) in [6.07, 6.45) is 3.48. The van der Waals surface area contributed by atoms with E-state index in [-0.39, 0.29) is 5.91 Å². The smallest absolute Gasteiger partial charge is 0.258 e. The van der Waals surface area contributed by atoms with Crippen molar-refractivity contribution < 1.29 is 4.79 Å². The number of benzene rings is 2. The summed E-state index contributed by atoms with van der Waals surface area (Å²) < 4.78 is 0. The largest absolute Gasteiger partial charge is 0.298 e. The first-order valence-corrected chi connectivity index (χ1v) is 11.1. The Morgan fingerprint density at radius 2 is 1.72 bits per heavy atom. The highest BCUT2D eigenvalue weighted by Gasteiger charge is 2.18. The van der Waals surface area contributed by atoms with Crippen molar-refractivity contribution in [2.45, 2.75) is 13.8 Å². The lowest BCUT2D eigenvalue weighted by Gasteiger charge is -2.11. The van der Waals surface area contributed by atoms with Crippen molar-refractivity contribution in [3.63, 3.8) is 0 Å². The van der Waals surface area contributed by atoms with Gasteiger partial charge in [0.05, 0.1) is 22.5 Å². The predicted molar refractivity (Wildman–Crippen MR) is 130 cm³/mol. The lowest BCUT2D eigenvalue weighted by Crippen LogP contribution is -2.13. The van der Waals surface area contributed by atoms with E-state index in [1.54, 1.807) is 12.4 Å². The third-order valence-electron chi connectivity index (χ3n) is 5.31. The average Bonchev–Trinajstić information content (AvgIpc) is 3.19. The van der Waals surface area contributed by atoms with Gasteiger partial charge in [0.1, 0.15) is 0 Å². The van der Waals surface area contributed by atoms with Crippen LogP contribution in [0.3, 0.4) is 0 Å². The zero-order valence-corrected chi connectivity index (χ0v) is 18.5. The number of hydrogen-bond donors (Lipinski definition) is 1. The van der Waals surface area contributed by atoms with Gasteiger partial charge in [-0.05, 0) is 37.6 Å². The predicted octanol–water partition coefficient (Wildman–Crippen LogP) is 6.29. The van der Waals surface area contributed by atoms with Crippen molar-refractivity contribution in [3.8, 4) is 22.5 Å². The number of thiazole rings is 1. The molecule has 0 atom stereocenters. The van der Waals surface area contributed by atoms with Gasteiger partial charge in [-0.3, -0.25) is 15.1 Å². The molecule has 156 valence electrons. The Hall–Kier alpha value is -3.90. The van der Waals surface area contributed by atoms with E-state index in [1.165, 1.54) is 11.3 Å². The van der Waals surface area contributed by atoms with Crippen LogP contribution in [0, 0.1) is 13.8 Å². The fourth-order valence-electron chi connectivity index (χ4n) is 3.72. The Morgan fingerprint density at radius 3 is 2.50 bits per heavy atom. The molecule has 0 aliphatic rings. The molecule has 1 amide bonds. The lowest BCUT2D eigenvalue weighted by molar-refractivity contribution is 0.102. The van der Waals surface area contributed by atoms with Crippen molar-refractivity contribution >= 4 is 33.3 Å². The van der Waals surface area contributed by atoms with Gasteiger partial charge in [0.25, 0.3) is 5.91 Å². The molecule has 6 heteroatoms. The van der Waals surface area contributed by atoms with E-state index in [9.17, 15) is 4.79 Å². The first-order valence-electron chi connectivity index (χ1n) is 10.2. The van der Waals surface area contributed by atoms with Gasteiger partial charge in [0.15, 0.2) is 5.13 Å². The van der Waals surface area contributed by atoms with Crippen LogP contribution in [0.15, 0.2) is 79.1 Å². The molecule has 0 fully saturated rings. The standard InChI is InChI=1S/C26H20N4OS/c1-16-8-6-12-20-21(14-22(28-23(16)20)19-11-7-13-27-15-19)25(31)30-26-29-24(17(2)32-26)18-9-4-3-5-10-18/h3-15H,1-2H3,(H,29,30,31). The molecule has 3 heterocycles. The first kappa shape index (κ1) is 20.0. The number of hydrogen-bond acceptors (Lipinski definition) is 5. The number of aromatic nitrogens is 3. The summed E-state index contributed by atoms with van der Waals surface area (Å²) in [5, 5.41) is 4.39. The van der Waals surface area contributed by atoms with Gasteiger partial charge in [-0.2, -0.15) is 0 Å². The fraction of sp³-hybridized carbons (Fsp3) is 0.0769. The second kappa shape index (κ2) is 8.32. The number of anilines is 1. The zero-order valence-electron chi connectivity index (χ0n) is 17.7. The van der Waals surface area contributed by atoms with Crippen LogP contribution in [-0.4, -0.2) is 20.9 Å². The molecule has 5 nitrogen and oxygen atoms in total. The minimum Gasteiger partial charge on any atom is -0.298 e. The second-order valence-corrected chi connectivity index (χ2v) is 8.71. The monoisotopic (exact) mass is 436 g/mol. The summed E-state index contributed by atoms with van der Waals surface area (Å²) in [6, 6.07) is 21.5. The quantitative estimate of drug-likeness (QED) is 0.359. The number of amides is 1. The molecule has 0 saturated heterocycles. The highest BCUT2D eigenvalue weighted by atomic mass is 32.1. The third kappa shape index (κ3) is 3.76. The van der Waals surface area contributed by atoms with Crippen molar-refractivity contribution in [1.29, 1.82) is 0 Å². The topological polar surface area (TPSA) is 67.8 Å². The molecule has 0 aliphatic carbocycles. The van der Waals surface area contributed by atoms with Gasteiger partial charge in [0.2, 0.25) is 0 Å². The van der Waals surface area contributed by atoms with Crippen molar-refractivity contribution in [2.24, 2.45) is 0 Å². The van der Waals surface area contributed by atoms with Crippen LogP contribution in [0.25, 0.3) is 33.4 Å². The van der Waals surface area contributed by atoms with Crippen LogP contribution < -0.4 is 5.32 Å². The minimum absolute atomic E-state index is 0.207. The Balaban J connectivity index is 1.56. The molecule has 5 aromatic rings. The molecule has 0 radical (unpaired) electrons. The summed E-state index contributed by atoms with van der Waals surface area (Å²) in [5.74, 6) is -0.207. The van der Waals surface area contributed by atoms with E-state index in [4.69, 9.17) is 4.98 Å². The first-order chi connectivity index (χ1) is 15.6. The highest BCUT2D eigenvalue weighted by molar-refractivity contribution is 7.16. The van der Waals surface area contributed by atoms with Crippen molar-refractivity contribution in [1.82, 2.24) is 15.0 Å². The summed E-state index contributed by atoms with van der Waals surface area (Å²) in [6.45, 7) is 4.02. The molecule has 2 aromatic carbocycles. The number of aryl methyl sites for hydroxylation is 2. The number of rotatable bonds is 4. The van der Waals surface area contributed by atoms with Gasteiger partial charge >= 0.3 is 0 Å². The summed E-state index contributed by atoms with van der Waals surface area (Å²) in [4.78, 5) is 28.1. The van der Waals surface area contributed by atoms with E-state index in [1.807, 2.05) is 80.6 Å². The number of para-hydroxylation sites is 1. The molecular formula is C26H20N4OS. The molecule has 3 aromatic heterocycles. The van der Waals surface area contributed by atoms with E-state index in [0.717, 1.165) is 38.2 Å². The maximum absolute atomic E-state index is 13.4. The molecule has 0 unspecified atom stereocenters. The minimum atomic E-state index is -0.207. The molecule has 1 N–H and O–H groups in total. The number of nitrogens with zero attached hydrogens (tertiary/aromatic N) is 3. The van der Waals surface area contributed by atoms with Crippen LogP contribution >= 0.6 is 11.3 Å². The van der Waals surface area contributed by atoms with Crippen molar-refractivity contribution in [3.05, 3.63) is 95.1 Å². The van der Waals surface area contributed by atoms with E-state index in [0.29, 0.717) is 16.4 Å². The van der Waals surface area contributed by atoms with E-state index < -0.39 is 0 Å². The van der Waals surface area contributed by atoms with Crippen LogP contribution in [0.4, 0.5) is 5.13 Å². The lowest BCUT2D eigenvalue weighted by atomic mass is 10.0. The second-order valence-electron chi connectivity index (χ2n) is 7.51. The van der Waals surface area contributed by atoms with Gasteiger partial charge in [-0.15, -0.1) is 11.3 Å². The van der Waals surface area contributed by atoms with E-state index in [2.05, 4.69) is 15.3 Å². The summed E-state index contributed by atoms with van der Waals surface area (Å²) >= 11 is 1.47. The summed E-state index contributed by atoms with van der Waals surface area (Å²) in [7, 11) is 0. The van der Waals surface area contributed by atoms with Crippen LogP contribution in [0.5, 0.6) is 0 Å². The highest BCUT2D eigenvalue weighted by Crippen LogP contribution is 2.32. The van der Waals surface area contributed by atoms with Crippen molar-refractivity contribution in [2.75, 3.05) is 5.32 Å². The maximum Gasteiger partial charge on any atom is 0.258 e. The number of fused-ring (bicyclic) bond motifs is 1. The number of pyridine rings is 2. The Kier molecular flexibility index (Phi) is 5.21. The third-order valence-corrected chi connectivity index (χ3v) is 6.19. The zero-order chi connectivity index (χ0) is 22.1. The van der Waals surface area contributed by atoms with Gasteiger partial charge < -0.3 is 0 Å². The Bertz CT molecular complexity index is 1430. The van der Waals surface area contributed by atoms with Crippen LogP contribution in [0.1, 0.15) is 20.8 Å². The molecule has 0 saturated carbocycles. The van der Waals surface area contributed by atoms with Gasteiger partial charge in [0, 0.05) is 33.8 Å². The molecule has 0 spiro atoms. The summed E-state index contributed by atoms with van der Waals surface area (Å²) in [5.41, 5.74) is 5.88. The molecule has 5 rings (SSSR count). The number of nitrogens with one attached hydrogen (secondary N) is 1. The molecule has 32 heavy (non-hydrogen) atoms. The maximum atomic E-state index is 13.4. The Morgan fingerprint density at radius 1 is 0.906 bits per heavy atom. The average molecular weight is 437 g/mol. The van der Waals surface area contributed by atoms with Gasteiger partial charge in [-0.25, -0.2) is 9.97 Å². The number of carbonyl (C=O) groups is 1. The van der Waals surface area contributed by atoms with Crippen LogP contribution in [-0.2, 0) is 0 Å². The number of carbonyl (C=O) groups excluding carboxylic acids is 1. The molecule has 0 bridgehead atoms. The van der Waals surface area contributed by atoms with Crippen LogP contribution in [0.2, 0.25) is 0 Å². The molecule has 0 aliphatic heterocycles. The van der Waals surface area contributed by atoms with E-state index >= 15 is 0 Å².